The summed E-state index contributed by atoms with van der Waals surface area (Å²) in [4.78, 5) is 105. The maximum atomic E-state index is 14.4. The summed E-state index contributed by atoms with van der Waals surface area (Å²) in [6, 6.07) is 14.1. The number of carbonyl (C=O) groups is 6. The van der Waals surface area contributed by atoms with Crippen molar-refractivity contribution in [1.29, 1.82) is 0 Å². The van der Waals surface area contributed by atoms with Crippen LogP contribution in [0.25, 0.3) is 22.3 Å². The van der Waals surface area contributed by atoms with Gasteiger partial charge in [0, 0.05) is 79.4 Å². The largest absolute Gasteiger partial charge is 0.510 e. The van der Waals surface area contributed by atoms with Gasteiger partial charge in [0.05, 0.1) is 54.0 Å². The molecule has 2 atom stereocenters. The average molecular weight is 1240 g/mol. The molecule has 0 saturated heterocycles. The Balaban J connectivity index is 0.847. The SMILES string of the molecule is CC[C@@]1(OC(=O)OCc2ccc(NC(=O)[C@H](CCCCN)NC(=O)COCC(=O)NCCOCCNC(=O)CCCC#Cc3cnc(S(C)(=O)=O)nc3)cc2)C(=O)OCc2c1cc1n(c2=O)Cc2c-1nc1ccccc1c2CCN(C(C)C)S(C)(=O)=O. The number of carbonyl (C=O) groups excluding carboxylic acids is 6. The van der Waals surface area contributed by atoms with Gasteiger partial charge in [0.15, 0.2) is 0 Å². The molecule has 0 bridgehead atoms. The lowest BCUT2D eigenvalue weighted by Crippen LogP contribution is -2.47. The van der Waals surface area contributed by atoms with Gasteiger partial charge in [-0.3, -0.25) is 24.0 Å². The number of sulfonamides is 1. The van der Waals surface area contributed by atoms with Crippen LogP contribution in [0, 0.1) is 11.8 Å². The molecule has 2 aliphatic heterocycles. The number of amides is 4. The predicted molar refractivity (Wildman–Crippen MR) is 317 cm³/mol. The van der Waals surface area contributed by atoms with Gasteiger partial charge in [-0.25, -0.2) is 41.4 Å². The fourth-order valence-electron chi connectivity index (χ4n) is 9.89. The van der Waals surface area contributed by atoms with Crippen LogP contribution in [0.3, 0.4) is 0 Å². The summed E-state index contributed by atoms with van der Waals surface area (Å²) in [5.74, 6) is 2.95. The molecule has 4 amide bonds. The number of nitrogens with zero attached hydrogens (tertiary/aromatic N) is 5. The summed E-state index contributed by atoms with van der Waals surface area (Å²) in [6.07, 6.45) is 6.32. The van der Waals surface area contributed by atoms with E-state index in [2.05, 4.69) is 43.1 Å². The fraction of sp³-hybridized carbons (Fsp3) is 0.458. The normalized spacial score (nSPS) is 14.6. The Morgan fingerprint density at radius 3 is 2.26 bits per heavy atom. The van der Waals surface area contributed by atoms with Gasteiger partial charge in [0.25, 0.3) is 5.56 Å². The number of anilines is 1. The van der Waals surface area contributed by atoms with Crippen molar-refractivity contribution in [2.75, 3.05) is 70.4 Å². The molecule has 5 heterocycles. The number of hydrogen-bond acceptors (Lipinski definition) is 20. The standard InChI is InChI=1S/C59H72N10O16S2/c1-6-59(46-30-49-53-44(33-68(49)55(74)45(46)35-83-56(59)75)42(43-15-10-11-16-47(43)67-53)23-27-69(38(2)3)87(5,79)80)85-58(76)84-34-39-19-21-41(22-20-39)65-54(73)48(17-12-13-24-60)66-52(72)37-82-36-51(71)62-26-29-81-28-25-61-50(70)18-9-7-8-14-40-31-63-57(64-32-40)86(4,77)78/h10-11,15-16,19-22,30-32,38,48H,6-7,9,12-13,17-18,23-29,33-37,60H2,1-5H3,(H,61,70)(H,62,71)(H,65,73)(H,66,72)/t48-,59-/m0/s1. The summed E-state index contributed by atoms with van der Waals surface area (Å²) in [7, 11) is -7.04. The second-order valence-electron chi connectivity index (χ2n) is 20.9. The minimum absolute atomic E-state index is 0.118. The third-order valence-electron chi connectivity index (χ3n) is 14.2. The summed E-state index contributed by atoms with van der Waals surface area (Å²) < 4.78 is 79.0. The van der Waals surface area contributed by atoms with E-state index in [0.29, 0.717) is 72.4 Å². The van der Waals surface area contributed by atoms with E-state index in [1.165, 1.54) is 27.5 Å². The van der Waals surface area contributed by atoms with Crippen molar-refractivity contribution in [3.05, 3.63) is 111 Å². The number of esters is 1. The van der Waals surface area contributed by atoms with Gasteiger partial charge in [-0.15, -0.1) is 0 Å². The predicted octanol–water partition coefficient (Wildman–Crippen LogP) is 2.89. The quantitative estimate of drug-likeness (QED) is 0.0187. The Morgan fingerprint density at radius 2 is 1.59 bits per heavy atom. The molecule has 3 aromatic heterocycles. The van der Waals surface area contributed by atoms with Crippen LogP contribution in [0.5, 0.6) is 0 Å². The Morgan fingerprint density at radius 1 is 0.885 bits per heavy atom. The molecule has 87 heavy (non-hydrogen) atoms. The topological polar surface area (TPSA) is 355 Å². The maximum absolute atomic E-state index is 14.4. The molecule has 0 unspecified atom stereocenters. The smallest absolute Gasteiger partial charge is 0.457 e. The molecule has 0 fully saturated rings. The number of rotatable bonds is 30. The number of sulfone groups is 1. The average Bonchev–Trinajstić information content (AvgIpc) is 1.68. The van der Waals surface area contributed by atoms with Crippen molar-refractivity contribution in [3.63, 3.8) is 0 Å². The van der Waals surface area contributed by atoms with E-state index < -0.39 is 80.1 Å². The van der Waals surface area contributed by atoms with Crippen LogP contribution in [0.2, 0.25) is 0 Å². The number of nitrogens with one attached hydrogen (secondary N) is 4. The first kappa shape index (κ1) is 66.3. The number of benzene rings is 2. The molecule has 0 radical (unpaired) electrons. The molecule has 0 saturated carbocycles. The van der Waals surface area contributed by atoms with Crippen molar-refractivity contribution < 1.29 is 69.3 Å². The molecule has 28 heteroatoms. The number of aromatic nitrogens is 4. The van der Waals surface area contributed by atoms with E-state index in [4.69, 9.17) is 34.4 Å². The summed E-state index contributed by atoms with van der Waals surface area (Å²) >= 11 is 0. The van der Waals surface area contributed by atoms with Crippen LogP contribution in [-0.4, -0.2) is 154 Å². The second-order valence-corrected chi connectivity index (χ2v) is 24.8. The van der Waals surface area contributed by atoms with Crippen LogP contribution in [0.15, 0.2) is 76.9 Å². The van der Waals surface area contributed by atoms with E-state index >= 15 is 0 Å². The Labute approximate surface area is 504 Å². The highest BCUT2D eigenvalue weighted by molar-refractivity contribution is 7.90. The van der Waals surface area contributed by atoms with Gasteiger partial charge in [-0.1, -0.05) is 49.1 Å². The first-order valence-electron chi connectivity index (χ1n) is 28.3. The molecule has 0 spiro atoms. The minimum Gasteiger partial charge on any atom is -0.457 e. The van der Waals surface area contributed by atoms with Gasteiger partial charge < -0.3 is 55.3 Å². The van der Waals surface area contributed by atoms with Crippen molar-refractivity contribution >= 4 is 72.2 Å². The van der Waals surface area contributed by atoms with Gasteiger partial charge in [-0.2, -0.15) is 4.31 Å². The highest BCUT2D eigenvalue weighted by Crippen LogP contribution is 2.42. The van der Waals surface area contributed by atoms with Gasteiger partial charge in [0.2, 0.25) is 54.2 Å². The lowest BCUT2D eigenvalue weighted by molar-refractivity contribution is -0.175. The van der Waals surface area contributed by atoms with Crippen molar-refractivity contribution in [2.45, 2.75) is 115 Å². The molecule has 7 rings (SSSR count). The monoisotopic (exact) mass is 1240 g/mol. The first-order chi connectivity index (χ1) is 41.5. The molecule has 0 aliphatic carbocycles. The van der Waals surface area contributed by atoms with Crippen molar-refractivity contribution in [2.24, 2.45) is 5.73 Å². The Bertz CT molecular complexity index is 3700. The Hall–Kier alpha value is -8.20. The number of nitrogens with two attached hydrogens (primary N) is 1. The van der Waals surface area contributed by atoms with E-state index in [0.717, 1.165) is 22.8 Å². The van der Waals surface area contributed by atoms with Gasteiger partial charge in [0.1, 0.15) is 32.5 Å². The van der Waals surface area contributed by atoms with Gasteiger partial charge >= 0.3 is 12.1 Å². The maximum Gasteiger partial charge on any atom is 0.510 e. The zero-order chi connectivity index (χ0) is 62.9. The molecular formula is C59H72N10O16S2. The first-order valence-corrected chi connectivity index (χ1v) is 32.0. The number of ether oxygens (including phenoxy) is 5. The summed E-state index contributed by atoms with van der Waals surface area (Å²) in [6.45, 7) is 4.99. The highest BCUT2D eigenvalue weighted by Gasteiger charge is 2.51. The zero-order valence-electron chi connectivity index (χ0n) is 49.1. The van der Waals surface area contributed by atoms with Gasteiger partial charge in [-0.05, 0) is 94.3 Å². The fourth-order valence-corrected chi connectivity index (χ4v) is 11.6. The number of unbranched alkanes of at least 4 members (excludes halogenated alkanes) is 2. The molecule has 2 aliphatic rings. The van der Waals surface area contributed by atoms with E-state index in [1.807, 2.05) is 24.3 Å². The van der Waals surface area contributed by atoms with Crippen LogP contribution >= 0.6 is 0 Å². The second kappa shape index (κ2) is 30.4. The lowest BCUT2D eigenvalue weighted by Gasteiger charge is -2.35. The molecule has 6 N–H and O–H groups in total. The lowest BCUT2D eigenvalue weighted by atomic mass is 9.85. The third kappa shape index (κ3) is 17.7. The van der Waals surface area contributed by atoms with E-state index in [9.17, 15) is 50.4 Å². The van der Waals surface area contributed by atoms with E-state index in [-0.39, 0.29) is 100 Å². The van der Waals surface area contributed by atoms with Crippen molar-refractivity contribution in [3.8, 4) is 23.2 Å². The van der Waals surface area contributed by atoms with E-state index in [1.54, 1.807) is 51.1 Å². The van der Waals surface area contributed by atoms with Crippen molar-refractivity contribution in [1.82, 2.24) is 39.8 Å². The third-order valence-corrected chi connectivity index (χ3v) is 16.5. The van der Waals surface area contributed by atoms with Crippen LogP contribution < -0.4 is 32.6 Å². The van der Waals surface area contributed by atoms with Crippen LogP contribution in [0.1, 0.15) is 99.1 Å². The molecule has 2 aromatic carbocycles. The Kier molecular flexibility index (Phi) is 23.2. The molecular weight excluding hydrogens is 1170 g/mol. The minimum atomic E-state index is -3.54. The summed E-state index contributed by atoms with van der Waals surface area (Å²) in [5, 5.41) is 11.3. The number of fused-ring (bicyclic) bond motifs is 5. The molecule has 466 valence electrons. The highest BCUT2D eigenvalue weighted by atomic mass is 32.2. The van der Waals surface area contributed by atoms with Crippen LogP contribution in [0.4, 0.5) is 10.5 Å². The molecule has 5 aromatic rings. The number of para-hydroxylation sites is 1. The number of cyclic esters (lactones) is 1. The van der Waals surface area contributed by atoms with Crippen LogP contribution in [-0.2, 0) is 99.3 Å². The zero-order valence-corrected chi connectivity index (χ0v) is 50.7. The molecule has 26 nitrogen and oxygen atoms in total. The number of hydrogen-bond donors (Lipinski definition) is 5. The summed E-state index contributed by atoms with van der Waals surface area (Å²) in [5.41, 5.74) is 7.75. The number of pyridine rings is 2.